The van der Waals surface area contributed by atoms with Gasteiger partial charge >= 0.3 is 0 Å². The lowest BCUT2D eigenvalue weighted by molar-refractivity contribution is 0.191. The van der Waals surface area contributed by atoms with Crippen LogP contribution in [0, 0.1) is 0 Å². The highest BCUT2D eigenvalue weighted by molar-refractivity contribution is 9.10. The minimum absolute atomic E-state index is 0.00889. The van der Waals surface area contributed by atoms with Crippen LogP contribution in [0.25, 0.3) is 0 Å². The number of halogens is 1. The number of nitrogens with one attached hydrogen (secondary N) is 1. The third-order valence-corrected chi connectivity index (χ3v) is 5.22. The smallest absolute Gasteiger partial charge is 0.165 e. The molecule has 1 atom stereocenters. The Morgan fingerprint density at radius 2 is 1.65 bits per heavy atom. The van der Waals surface area contributed by atoms with E-state index in [4.69, 9.17) is 14.2 Å². The van der Waals surface area contributed by atoms with Gasteiger partial charge in [-0.2, -0.15) is 0 Å². The Morgan fingerprint density at radius 1 is 0.923 bits per heavy atom. The maximum Gasteiger partial charge on any atom is 0.165 e. The van der Waals surface area contributed by atoms with Gasteiger partial charge in [0.2, 0.25) is 0 Å². The van der Waals surface area contributed by atoms with Gasteiger partial charge in [-0.15, -0.1) is 0 Å². The molecule has 1 aliphatic heterocycles. The number of hydrogen-bond acceptors (Lipinski definition) is 5. The predicted octanol–water partition coefficient (Wildman–Crippen LogP) is 3.47. The van der Waals surface area contributed by atoms with E-state index in [1.165, 1.54) is 0 Å². The number of hydrogen-bond donors (Lipinski definition) is 1. The van der Waals surface area contributed by atoms with Gasteiger partial charge in [-0.1, -0.05) is 28.1 Å². The molecule has 1 saturated heterocycles. The van der Waals surface area contributed by atoms with Crippen molar-refractivity contribution in [2.24, 2.45) is 0 Å². The number of ether oxygens (including phenoxy) is 3. The van der Waals surface area contributed by atoms with Gasteiger partial charge in [0, 0.05) is 41.8 Å². The summed E-state index contributed by atoms with van der Waals surface area (Å²) < 4.78 is 18.0. The second kappa shape index (κ2) is 8.75. The number of nitrogens with zero attached hydrogens (tertiary/aromatic N) is 1. The van der Waals surface area contributed by atoms with E-state index in [0.29, 0.717) is 0 Å². The van der Waals surface area contributed by atoms with E-state index in [9.17, 15) is 0 Å². The van der Waals surface area contributed by atoms with Crippen molar-refractivity contribution in [2.45, 2.75) is 6.04 Å². The zero-order valence-corrected chi connectivity index (χ0v) is 17.0. The van der Waals surface area contributed by atoms with Crippen LogP contribution in [-0.2, 0) is 0 Å². The molecule has 0 aliphatic carbocycles. The summed E-state index contributed by atoms with van der Waals surface area (Å²) in [5, 5.41) is 3.43. The molecule has 0 aromatic heterocycles. The number of methoxy groups -OCH3 is 3. The molecule has 2 aromatic carbocycles. The fourth-order valence-corrected chi connectivity index (χ4v) is 3.93. The largest absolute Gasteiger partial charge is 0.496 e. The normalized spacial score (nSPS) is 16.2. The van der Waals surface area contributed by atoms with Crippen LogP contribution in [0.15, 0.2) is 40.9 Å². The quantitative estimate of drug-likeness (QED) is 0.774. The summed E-state index contributed by atoms with van der Waals surface area (Å²) in [5.74, 6) is 2.36. The molecule has 0 bridgehead atoms. The zero-order chi connectivity index (χ0) is 18.5. The molecule has 6 heteroatoms. The van der Waals surface area contributed by atoms with Crippen LogP contribution >= 0.6 is 15.9 Å². The molecule has 140 valence electrons. The Hall–Kier alpha value is -1.76. The Bertz CT molecular complexity index is 748. The topological polar surface area (TPSA) is 43.0 Å². The van der Waals surface area contributed by atoms with Crippen LogP contribution in [0.3, 0.4) is 0 Å². The first kappa shape index (κ1) is 19.0. The molecular weight excluding hydrogens is 396 g/mol. The van der Waals surface area contributed by atoms with Crippen molar-refractivity contribution in [2.75, 3.05) is 47.5 Å². The lowest BCUT2D eigenvalue weighted by Crippen LogP contribution is -2.45. The molecule has 0 spiro atoms. The third-order valence-electron chi connectivity index (χ3n) is 4.73. The first-order valence-corrected chi connectivity index (χ1v) is 9.48. The second-order valence-corrected chi connectivity index (χ2v) is 7.07. The van der Waals surface area contributed by atoms with E-state index in [1.807, 2.05) is 24.3 Å². The highest BCUT2D eigenvalue weighted by Crippen LogP contribution is 2.43. The first-order chi connectivity index (χ1) is 12.7. The lowest BCUT2D eigenvalue weighted by Gasteiger charge is -2.36. The molecule has 1 heterocycles. The molecule has 5 nitrogen and oxygen atoms in total. The van der Waals surface area contributed by atoms with Gasteiger partial charge in [-0.3, -0.25) is 4.90 Å². The zero-order valence-electron chi connectivity index (χ0n) is 15.4. The molecule has 2 aromatic rings. The molecule has 26 heavy (non-hydrogen) atoms. The summed E-state index contributed by atoms with van der Waals surface area (Å²) in [7, 11) is 5.07. The minimum atomic E-state index is 0.00889. The molecule has 0 radical (unpaired) electrons. The SMILES string of the molecule is COc1ccc(Br)cc1C(c1cccc(OC)c1OC)N1CCNCC1. The molecular formula is C20H25BrN2O3. The van der Waals surface area contributed by atoms with Gasteiger partial charge in [0.15, 0.2) is 11.5 Å². The fraction of sp³-hybridized carbons (Fsp3) is 0.400. The Labute approximate surface area is 163 Å². The molecule has 1 unspecified atom stereocenters. The van der Waals surface area contributed by atoms with Crippen molar-refractivity contribution in [3.05, 3.63) is 52.0 Å². The monoisotopic (exact) mass is 420 g/mol. The van der Waals surface area contributed by atoms with Gasteiger partial charge < -0.3 is 19.5 Å². The number of para-hydroxylation sites is 1. The van der Waals surface area contributed by atoms with Crippen molar-refractivity contribution in [3.63, 3.8) is 0 Å². The minimum Gasteiger partial charge on any atom is -0.496 e. The molecule has 0 saturated carbocycles. The fourth-order valence-electron chi connectivity index (χ4n) is 3.55. The van der Waals surface area contributed by atoms with Crippen molar-refractivity contribution in [1.82, 2.24) is 10.2 Å². The molecule has 1 aliphatic rings. The van der Waals surface area contributed by atoms with Gasteiger partial charge in [0.25, 0.3) is 0 Å². The maximum atomic E-state index is 5.74. The van der Waals surface area contributed by atoms with E-state index in [2.05, 4.69) is 38.3 Å². The van der Waals surface area contributed by atoms with Crippen LogP contribution < -0.4 is 19.5 Å². The summed E-state index contributed by atoms with van der Waals surface area (Å²) in [5.41, 5.74) is 2.18. The van der Waals surface area contributed by atoms with Crippen molar-refractivity contribution in [1.29, 1.82) is 0 Å². The van der Waals surface area contributed by atoms with E-state index in [-0.39, 0.29) is 6.04 Å². The molecule has 3 rings (SSSR count). The Morgan fingerprint density at radius 3 is 2.31 bits per heavy atom. The second-order valence-electron chi connectivity index (χ2n) is 6.16. The number of rotatable bonds is 6. The highest BCUT2D eigenvalue weighted by Gasteiger charge is 2.30. The van der Waals surface area contributed by atoms with E-state index >= 15 is 0 Å². The summed E-state index contributed by atoms with van der Waals surface area (Å²) >= 11 is 3.61. The van der Waals surface area contributed by atoms with Gasteiger partial charge in [-0.25, -0.2) is 0 Å². The third kappa shape index (κ3) is 3.82. The lowest BCUT2D eigenvalue weighted by atomic mass is 9.94. The van der Waals surface area contributed by atoms with Crippen LogP contribution in [0.1, 0.15) is 17.2 Å². The van der Waals surface area contributed by atoms with Gasteiger partial charge in [0.1, 0.15) is 5.75 Å². The van der Waals surface area contributed by atoms with E-state index < -0.39 is 0 Å². The highest BCUT2D eigenvalue weighted by atomic mass is 79.9. The van der Waals surface area contributed by atoms with E-state index in [0.717, 1.165) is 59.0 Å². The summed E-state index contributed by atoms with van der Waals surface area (Å²) in [6, 6.07) is 12.2. The van der Waals surface area contributed by atoms with Gasteiger partial charge in [-0.05, 0) is 24.3 Å². The first-order valence-electron chi connectivity index (χ1n) is 8.68. The number of benzene rings is 2. The van der Waals surface area contributed by atoms with E-state index in [1.54, 1.807) is 21.3 Å². The molecule has 1 N–H and O–H groups in total. The number of piperazine rings is 1. The summed E-state index contributed by atoms with van der Waals surface area (Å²) in [6.45, 7) is 3.81. The van der Waals surface area contributed by atoms with Crippen LogP contribution in [-0.4, -0.2) is 52.4 Å². The van der Waals surface area contributed by atoms with Gasteiger partial charge in [0.05, 0.1) is 27.4 Å². The maximum absolute atomic E-state index is 5.74. The molecule has 0 amide bonds. The van der Waals surface area contributed by atoms with Crippen LogP contribution in [0.4, 0.5) is 0 Å². The van der Waals surface area contributed by atoms with Crippen LogP contribution in [0.2, 0.25) is 0 Å². The Kier molecular flexibility index (Phi) is 6.40. The summed E-state index contributed by atoms with van der Waals surface area (Å²) in [4.78, 5) is 2.46. The van der Waals surface area contributed by atoms with Crippen LogP contribution in [0.5, 0.6) is 17.2 Å². The Balaban J connectivity index is 2.18. The molecule has 1 fully saturated rings. The average Bonchev–Trinajstić information content (AvgIpc) is 2.69. The predicted molar refractivity (Wildman–Crippen MR) is 107 cm³/mol. The van der Waals surface area contributed by atoms with Crippen molar-refractivity contribution >= 4 is 15.9 Å². The standard InChI is InChI=1S/C20H25BrN2O3/c1-24-17-8-7-14(21)13-16(17)19(23-11-9-22-10-12-23)15-5-4-6-18(25-2)20(15)26-3/h4-8,13,19,22H,9-12H2,1-3H3. The average molecular weight is 421 g/mol. The van der Waals surface area contributed by atoms with Crippen molar-refractivity contribution < 1.29 is 14.2 Å². The summed E-state index contributed by atoms with van der Waals surface area (Å²) in [6.07, 6.45) is 0. The van der Waals surface area contributed by atoms with Crippen molar-refractivity contribution in [3.8, 4) is 17.2 Å².